The van der Waals surface area contributed by atoms with Crippen LogP contribution in [0.25, 0.3) is 0 Å². The molecule has 0 fully saturated rings. The van der Waals surface area contributed by atoms with Gasteiger partial charge in [-0.15, -0.1) is 0 Å². The van der Waals surface area contributed by atoms with Crippen LogP contribution in [0.2, 0.25) is 0 Å². The van der Waals surface area contributed by atoms with Gasteiger partial charge in [0.25, 0.3) is 0 Å². The van der Waals surface area contributed by atoms with Crippen molar-refractivity contribution in [2.75, 3.05) is 5.32 Å². The highest BCUT2D eigenvalue weighted by Gasteiger charge is 2.06. The Kier molecular flexibility index (Phi) is 5.10. The number of anilines is 1. The first kappa shape index (κ1) is 16.0. The number of benzene rings is 2. The Morgan fingerprint density at radius 1 is 0.955 bits per heavy atom. The lowest BCUT2D eigenvalue weighted by Gasteiger charge is -2.08. The number of rotatable bonds is 5. The van der Waals surface area contributed by atoms with E-state index in [4.69, 9.17) is 0 Å². The summed E-state index contributed by atoms with van der Waals surface area (Å²) in [5.74, 6) is 0.443. The standard InChI is InChI=1S/C19H21NO2/c1-13(2)16-6-4-15(5-7-16)12-19(22)20-18-10-8-17(9-11-18)14(3)21/h4-11,13H,12H2,1-3H3,(H,20,22). The third-order valence-electron chi connectivity index (χ3n) is 3.59. The van der Waals surface area contributed by atoms with Crippen LogP contribution in [0.15, 0.2) is 48.5 Å². The van der Waals surface area contributed by atoms with Crippen LogP contribution in [-0.2, 0) is 11.2 Å². The fourth-order valence-corrected chi connectivity index (χ4v) is 2.20. The summed E-state index contributed by atoms with van der Waals surface area (Å²) < 4.78 is 0. The Bertz CT molecular complexity index is 655. The van der Waals surface area contributed by atoms with Gasteiger partial charge in [0.05, 0.1) is 6.42 Å². The maximum atomic E-state index is 12.0. The van der Waals surface area contributed by atoms with Crippen molar-refractivity contribution >= 4 is 17.4 Å². The van der Waals surface area contributed by atoms with E-state index in [1.807, 2.05) is 12.1 Å². The van der Waals surface area contributed by atoms with Crippen LogP contribution in [0, 0.1) is 0 Å². The molecule has 0 aliphatic heterocycles. The molecule has 0 aliphatic carbocycles. The molecule has 0 aromatic heterocycles. The predicted octanol–water partition coefficient (Wildman–Crippen LogP) is 4.19. The van der Waals surface area contributed by atoms with Gasteiger partial charge in [0, 0.05) is 11.3 Å². The lowest BCUT2D eigenvalue weighted by molar-refractivity contribution is -0.115. The zero-order chi connectivity index (χ0) is 16.1. The summed E-state index contributed by atoms with van der Waals surface area (Å²) in [7, 11) is 0. The van der Waals surface area contributed by atoms with Crippen LogP contribution in [-0.4, -0.2) is 11.7 Å². The van der Waals surface area contributed by atoms with Crippen molar-refractivity contribution in [3.8, 4) is 0 Å². The first-order valence-corrected chi connectivity index (χ1v) is 7.45. The molecule has 22 heavy (non-hydrogen) atoms. The average molecular weight is 295 g/mol. The maximum Gasteiger partial charge on any atom is 0.228 e. The molecule has 0 unspecified atom stereocenters. The quantitative estimate of drug-likeness (QED) is 0.840. The second-order valence-electron chi connectivity index (χ2n) is 5.75. The summed E-state index contributed by atoms with van der Waals surface area (Å²) >= 11 is 0. The molecule has 0 spiro atoms. The van der Waals surface area contributed by atoms with Crippen LogP contribution in [0.5, 0.6) is 0 Å². The molecule has 114 valence electrons. The minimum absolute atomic E-state index is 0.0168. The molecule has 3 nitrogen and oxygen atoms in total. The van der Waals surface area contributed by atoms with Gasteiger partial charge in [-0.05, 0) is 48.2 Å². The topological polar surface area (TPSA) is 46.2 Å². The third-order valence-corrected chi connectivity index (χ3v) is 3.59. The van der Waals surface area contributed by atoms with Crippen LogP contribution >= 0.6 is 0 Å². The number of hydrogen-bond donors (Lipinski definition) is 1. The van der Waals surface area contributed by atoms with Gasteiger partial charge in [-0.1, -0.05) is 38.1 Å². The number of ketones is 1. The zero-order valence-electron chi connectivity index (χ0n) is 13.2. The second-order valence-corrected chi connectivity index (χ2v) is 5.75. The van der Waals surface area contributed by atoms with Crippen LogP contribution in [0.1, 0.15) is 48.2 Å². The van der Waals surface area contributed by atoms with Gasteiger partial charge in [-0.3, -0.25) is 9.59 Å². The van der Waals surface area contributed by atoms with Crippen LogP contribution < -0.4 is 5.32 Å². The largest absolute Gasteiger partial charge is 0.326 e. The van der Waals surface area contributed by atoms with E-state index in [1.54, 1.807) is 24.3 Å². The highest BCUT2D eigenvalue weighted by Crippen LogP contribution is 2.15. The molecule has 0 radical (unpaired) electrons. The molecule has 1 amide bonds. The van der Waals surface area contributed by atoms with E-state index in [-0.39, 0.29) is 11.7 Å². The van der Waals surface area contributed by atoms with Crippen molar-refractivity contribution in [2.45, 2.75) is 33.1 Å². The summed E-state index contributed by atoms with van der Waals surface area (Å²) in [5, 5.41) is 2.84. The van der Waals surface area contributed by atoms with E-state index in [1.165, 1.54) is 12.5 Å². The molecule has 2 aromatic carbocycles. The summed E-state index contributed by atoms with van der Waals surface area (Å²) in [6, 6.07) is 15.0. The molecular formula is C19H21NO2. The molecule has 0 saturated heterocycles. The SMILES string of the molecule is CC(=O)c1ccc(NC(=O)Cc2ccc(C(C)C)cc2)cc1. The molecule has 0 aliphatic rings. The van der Waals surface area contributed by atoms with Crippen molar-refractivity contribution in [3.05, 3.63) is 65.2 Å². The van der Waals surface area contributed by atoms with Crippen LogP contribution in [0.4, 0.5) is 5.69 Å². The smallest absolute Gasteiger partial charge is 0.228 e. The highest BCUT2D eigenvalue weighted by atomic mass is 16.1. The van der Waals surface area contributed by atoms with E-state index in [9.17, 15) is 9.59 Å². The number of carbonyl (C=O) groups excluding carboxylic acids is 2. The lowest BCUT2D eigenvalue weighted by Crippen LogP contribution is -2.14. The summed E-state index contributed by atoms with van der Waals surface area (Å²) in [4.78, 5) is 23.2. The number of carbonyl (C=O) groups is 2. The van der Waals surface area contributed by atoms with Crippen molar-refractivity contribution in [2.24, 2.45) is 0 Å². The zero-order valence-corrected chi connectivity index (χ0v) is 13.2. The second kappa shape index (κ2) is 7.03. The highest BCUT2D eigenvalue weighted by molar-refractivity contribution is 5.96. The number of hydrogen-bond acceptors (Lipinski definition) is 2. The summed E-state index contributed by atoms with van der Waals surface area (Å²) in [6.45, 7) is 5.81. The number of amides is 1. The molecule has 3 heteroatoms. The summed E-state index contributed by atoms with van der Waals surface area (Å²) in [5.41, 5.74) is 3.60. The van der Waals surface area contributed by atoms with Gasteiger partial charge in [-0.2, -0.15) is 0 Å². The molecular weight excluding hydrogens is 274 g/mol. The Morgan fingerprint density at radius 2 is 1.55 bits per heavy atom. The van der Waals surface area contributed by atoms with E-state index >= 15 is 0 Å². The fraction of sp³-hybridized carbons (Fsp3) is 0.263. The Labute approximate surface area is 131 Å². The molecule has 0 heterocycles. The van der Waals surface area contributed by atoms with Gasteiger partial charge in [0.1, 0.15) is 0 Å². The van der Waals surface area contributed by atoms with E-state index in [2.05, 4.69) is 31.3 Å². The van der Waals surface area contributed by atoms with E-state index in [0.29, 0.717) is 23.6 Å². The number of Topliss-reactive ketones (excluding diaryl/α,β-unsaturated/α-hetero) is 1. The molecule has 2 aromatic rings. The minimum atomic E-state index is -0.0622. The molecule has 0 saturated carbocycles. The molecule has 1 N–H and O–H groups in total. The van der Waals surface area contributed by atoms with E-state index < -0.39 is 0 Å². The van der Waals surface area contributed by atoms with Crippen molar-refractivity contribution in [3.63, 3.8) is 0 Å². The monoisotopic (exact) mass is 295 g/mol. The fourth-order valence-electron chi connectivity index (χ4n) is 2.20. The maximum absolute atomic E-state index is 12.0. The van der Waals surface area contributed by atoms with E-state index in [0.717, 1.165) is 5.56 Å². The third kappa shape index (κ3) is 4.29. The first-order valence-electron chi connectivity index (χ1n) is 7.45. The van der Waals surface area contributed by atoms with Crippen molar-refractivity contribution < 1.29 is 9.59 Å². The van der Waals surface area contributed by atoms with Gasteiger partial charge in [-0.25, -0.2) is 0 Å². The Hall–Kier alpha value is -2.42. The van der Waals surface area contributed by atoms with Crippen molar-refractivity contribution in [1.29, 1.82) is 0 Å². The Morgan fingerprint density at radius 3 is 2.05 bits per heavy atom. The van der Waals surface area contributed by atoms with Crippen molar-refractivity contribution in [1.82, 2.24) is 0 Å². The number of nitrogens with one attached hydrogen (secondary N) is 1. The van der Waals surface area contributed by atoms with Gasteiger partial charge < -0.3 is 5.32 Å². The molecule has 0 atom stereocenters. The molecule has 2 rings (SSSR count). The van der Waals surface area contributed by atoms with Gasteiger partial charge in [0.2, 0.25) is 5.91 Å². The predicted molar refractivity (Wildman–Crippen MR) is 89.3 cm³/mol. The summed E-state index contributed by atoms with van der Waals surface area (Å²) in [6.07, 6.45) is 0.340. The Balaban J connectivity index is 1.96. The first-order chi connectivity index (χ1) is 10.5. The minimum Gasteiger partial charge on any atom is -0.326 e. The molecule has 0 bridgehead atoms. The van der Waals surface area contributed by atoms with Gasteiger partial charge >= 0.3 is 0 Å². The lowest BCUT2D eigenvalue weighted by atomic mass is 10.0. The average Bonchev–Trinajstić information content (AvgIpc) is 2.48. The van der Waals surface area contributed by atoms with Gasteiger partial charge in [0.15, 0.2) is 5.78 Å². The van der Waals surface area contributed by atoms with Crippen LogP contribution in [0.3, 0.4) is 0 Å². The normalized spacial score (nSPS) is 10.5.